The van der Waals surface area contributed by atoms with Gasteiger partial charge in [0.05, 0.1) is 22.6 Å². The molecule has 0 atom stereocenters. The Hall–Kier alpha value is -2.95. The summed E-state index contributed by atoms with van der Waals surface area (Å²) < 4.78 is 26.2. The number of rotatable bonds is 6. The second kappa shape index (κ2) is 7.12. The van der Waals surface area contributed by atoms with Gasteiger partial charge in [-0.05, 0) is 36.2 Å². The number of amides is 2. The molecule has 7 heteroatoms. The van der Waals surface area contributed by atoms with Gasteiger partial charge in [-0.1, -0.05) is 30.2 Å². The molecule has 2 amide bonds. The van der Waals surface area contributed by atoms with E-state index in [1.54, 1.807) is 36.4 Å². The highest BCUT2D eigenvalue weighted by Gasteiger charge is 2.34. The third-order valence-corrected chi connectivity index (χ3v) is 5.52. The molecule has 0 aliphatic carbocycles. The number of imide groups is 1. The Kier molecular flexibility index (Phi) is 4.89. The molecule has 0 saturated heterocycles. The van der Waals surface area contributed by atoms with Crippen molar-refractivity contribution < 1.29 is 18.0 Å². The summed E-state index contributed by atoms with van der Waals surface area (Å²) in [6, 6.07) is 13.0. The highest BCUT2D eigenvalue weighted by molar-refractivity contribution is 7.89. The molecule has 0 saturated carbocycles. The smallest absolute Gasteiger partial charge is 0.261 e. The van der Waals surface area contributed by atoms with Crippen LogP contribution in [0.3, 0.4) is 0 Å². The van der Waals surface area contributed by atoms with Crippen molar-refractivity contribution in [3.8, 4) is 12.3 Å². The summed E-state index contributed by atoms with van der Waals surface area (Å²) in [5.41, 5.74) is 1.65. The quantitative estimate of drug-likeness (QED) is 0.618. The van der Waals surface area contributed by atoms with Crippen molar-refractivity contribution in [2.24, 2.45) is 0 Å². The first-order valence-corrected chi connectivity index (χ1v) is 9.39. The lowest BCUT2D eigenvalue weighted by molar-refractivity contribution is 0.0656. The van der Waals surface area contributed by atoms with Gasteiger partial charge in [-0.15, -0.1) is 6.42 Å². The molecule has 1 N–H and O–H groups in total. The van der Waals surface area contributed by atoms with Crippen LogP contribution < -0.4 is 4.72 Å². The fraction of sp³-hybridized carbons (Fsp3) is 0.158. The molecular weight excluding hydrogens is 352 g/mol. The lowest BCUT2D eigenvalue weighted by Gasteiger charge is -2.14. The van der Waals surface area contributed by atoms with Crippen LogP contribution in [-0.4, -0.2) is 38.2 Å². The van der Waals surface area contributed by atoms with Crippen molar-refractivity contribution in [2.75, 3.05) is 13.1 Å². The molecule has 1 aliphatic rings. The zero-order chi connectivity index (χ0) is 18.7. The minimum atomic E-state index is -3.63. The number of carbonyl (C=O) groups excluding carboxylic acids is 2. The van der Waals surface area contributed by atoms with Crippen molar-refractivity contribution in [3.05, 3.63) is 65.2 Å². The molecule has 0 bridgehead atoms. The Morgan fingerprint density at radius 1 is 0.962 bits per heavy atom. The Bertz CT molecular complexity index is 970. The predicted octanol–water partition coefficient (Wildman–Crippen LogP) is 1.44. The molecule has 0 fully saturated rings. The number of terminal acetylenes is 1. The normalized spacial score (nSPS) is 13.6. The summed E-state index contributed by atoms with van der Waals surface area (Å²) in [6.45, 7) is 0.150. The Morgan fingerprint density at radius 2 is 1.54 bits per heavy atom. The first kappa shape index (κ1) is 17.9. The predicted molar refractivity (Wildman–Crippen MR) is 96.0 cm³/mol. The molecule has 0 spiro atoms. The second-order valence-electron chi connectivity index (χ2n) is 5.73. The molecule has 0 unspecified atom stereocenters. The molecule has 6 nitrogen and oxygen atoms in total. The zero-order valence-corrected chi connectivity index (χ0v) is 14.6. The van der Waals surface area contributed by atoms with E-state index in [4.69, 9.17) is 6.42 Å². The van der Waals surface area contributed by atoms with Gasteiger partial charge in [0.15, 0.2) is 0 Å². The van der Waals surface area contributed by atoms with Crippen molar-refractivity contribution >= 4 is 21.8 Å². The zero-order valence-electron chi connectivity index (χ0n) is 13.8. The third-order valence-electron chi connectivity index (χ3n) is 4.10. The molecule has 26 heavy (non-hydrogen) atoms. The average molecular weight is 368 g/mol. The monoisotopic (exact) mass is 368 g/mol. The highest BCUT2D eigenvalue weighted by Crippen LogP contribution is 2.22. The van der Waals surface area contributed by atoms with Crippen LogP contribution in [0, 0.1) is 12.3 Å². The summed E-state index contributed by atoms with van der Waals surface area (Å²) in [5.74, 6) is 1.61. The maximum Gasteiger partial charge on any atom is 0.261 e. The van der Waals surface area contributed by atoms with Crippen molar-refractivity contribution in [3.63, 3.8) is 0 Å². The van der Waals surface area contributed by atoms with Crippen LogP contribution in [0.4, 0.5) is 0 Å². The van der Waals surface area contributed by atoms with E-state index in [2.05, 4.69) is 10.6 Å². The van der Waals surface area contributed by atoms with Crippen LogP contribution in [0.5, 0.6) is 0 Å². The standard InChI is InChI=1S/C19H16N2O4S/c1-2-12-20-26(24,25)15-9-7-14(8-10-15)11-13-21-18(22)16-5-3-4-6-17(16)19(21)23/h1,3-10,20H,11-13H2. The summed E-state index contributed by atoms with van der Waals surface area (Å²) in [4.78, 5) is 26.0. The Labute approximate surface area is 151 Å². The summed E-state index contributed by atoms with van der Waals surface area (Å²) in [6.07, 6.45) is 5.49. The number of fused-ring (bicyclic) bond motifs is 1. The van der Waals surface area contributed by atoms with E-state index in [1.165, 1.54) is 17.0 Å². The van der Waals surface area contributed by atoms with Crippen molar-refractivity contribution in [1.82, 2.24) is 9.62 Å². The van der Waals surface area contributed by atoms with Gasteiger partial charge in [0.1, 0.15) is 0 Å². The number of sulfonamides is 1. The van der Waals surface area contributed by atoms with Gasteiger partial charge >= 0.3 is 0 Å². The third kappa shape index (κ3) is 3.38. The van der Waals surface area contributed by atoms with Gasteiger partial charge in [0, 0.05) is 6.54 Å². The average Bonchev–Trinajstić information content (AvgIpc) is 2.90. The van der Waals surface area contributed by atoms with E-state index >= 15 is 0 Å². The highest BCUT2D eigenvalue weighted by atomic mass is 32.2. The van der Waals surface area contributed by atoms with E-state index in [1.807, 2.05) is 0 Å². The first-order chi connectivity index (χ1) is 12.4. The van der Waals surface area contributed by atoms with Crippen LogP contribution in [0.15, 0.2) is 53.4 Å². The Balaban J connectivity index is 1.67. The number of nitrogens with zero attached hydrogens (tertiary/aromatic N) is 1. The molecule has 0 aromatic heterocycles. The van der Waals surface area contributed by atoms with Crippen LogP contribution in [0.25, 0.3) is 0 Å². The van der Waals surface area contributed by atoms with Crippen LogP contribution in [0.1, 0.15) is 26.3 Å². The number of nitrogens with one attached hydrogen (secondary N) is 1. The molecule has 1 aliphatic heterocycles. The van der Waals surface area contributed by atoms with Gasteiger partial charge < -0.3 is 0 Å². The fourth-order valence-corrected chi connectivity index (χ4v) is 3.67. The van der Waals surface area contributed by atoms with E-state index in [0.717, 1.165) is 5.56 Å². The first-order valence-electron chi connectivity index (χ1n) is 7.91. The van der Waals surface area contributed by atoms with Gasteiger partial charge in [-0.3, -0.25) is 14.5 Å². The maximum absolute atomic E-state index is 12.3. The Morgan fingerprint density at radius 3 is 2.08 bits per heavy atom. The van der Waals surface area contributed by atoms with Crippen LogP contribution in [-0.2, 0) is 16.4 Å². The van der Waals surface area contributed by atoms with Crippen LogP contribution in [0.2, 0.25) is 0 Å². The van der Waals surface area contributed by atoms with Crippen molar-refractivity contribution in [2.45, 2.75) is 11.3 Å². The van der Waals surface area contributed by atoms with Gasteiger partial charge in [-0.25, -0.2) is 8.42 Å². The number of carbonyl (C=O) groups is 2. The summed E-state index contributed by atoms with van der Waals surface area (Å²) >= 11 is 0. The summed E-state index contributed by atoms with van der Waals surface area (Å²) in [7, 11) is -3.63. The second-order valence-corrected chi connectivity index (χ2v) is 7.50. The maximum atomic E-state index is 12.3. The van der Waals surface area contributed by atoms with Gasteiger partial charge in [0.25, 0.3) is 11.8 Å². The molecule has 2 aromatic rings. The minimum absolute atomic E-state index is 0.0795. The fourth-order valence-electron chi connectivity index (χ4n) is 2.74. The van der Waals surface area contributed by atoms with E-state index in [9.17, 15) is 18.0 Å². The molecule has 3 rings (SSSR count). The number of benzene rings is 2. The molecule has 2 aromatic carbocycles. The van der Waals surface area contributed by atoms with Crippen molar-refractivity contribution in [1.29, 1.82) is 0 Å². The lowest BCUT2D eigenvalue weighted by atomic mass is 10.1. The number of hydrogen-bond acceptors (Lipinski definition) is 4. The topological polar surface area (TPSA) is 83.6 Å². The summed E-state index contributed by atoms with van der Waals surface area (Å²) in [5, 5.41) is 0. The SMILES string of the molecule is C#CCNS(=O)(=O)c1ccc(CCN2C(=O)c3ccccc3C2=O)cc1. The van der Waals surface area contributed by atoms with E-state index in [-0.39, 0.29) is 29.8 Å². The van der Waals surface area contributed by atoms with E-state index in [0.29, 0.717) is 17.5 Å². The molecular formula is C19H16N2O4S. The van der Waals surface area contributed by atoms with E-state index < -0.39 is 10.0 Å². The number of hydrogen-bond donors (Lipinski definition) is 1. The lowest BCUT2D eigenvalue weighted by Crippen LogP contribution is -2.31. The molecule has 0 radical (unpaired) electrons. The largest absolute Gasteiger partial charge is 0.274 e. The van der Waals surface area contributed by atoms with Gasteiger partial charge in [-0.2, -0.15) is 4.72 Å². The molecule has 132 valence electrons. The molecule has 1 heterocycles. The van der Waals surface area contributed by atoms with Gasteiger partial charge in [0.2, 0.25) is 10.0 Å². The van der Waals surface area contributed by atoms with Crippen LogP contribution >= 0.6 is 0 Å². The minimum Gasteiger partial charge on any atom is -0.274 e.